The number of aliphatic imine (C=N–C) groups is 1. The summed E-state index contributed by atoms with van der Waals surface area (Å²) in [4.78, 5) is 6.97. The molecule has 4 nitrogen and oxygen atoms in total. The van der Waals surface area contributed by atoms with E-state index in [0.29, 0.717) is 6.04 Å². The first-order valence-electron chi connectivity index (χ1n) is 7.06. The topological polar surface area (TPSA) is 36.9 Å². The van der Waals surface area contributed by atoms with Gasteiger partial charge in [0.2, 0.25) is 0 Å². The highest BCUT2D eigenvalue weighted by molar-refractivity contribution is 7.99. The van der Waals surface area contributed by atoms with Crippen molar-refractivity contribution < 1.29 is 4.74 Å². The third-order valence-corrected chi connectivity index (χ3v) is 3.93. The minimum atomic E-state index is 0.110. The Morgan fingerprint density at radius 1 is 1.33 bits per heavy atom. The van der Waals surface area contributed by atoms with Crippen molar-refractivity contribution in [3.63, 3.8) is 0 Å². The van der Waals surface area contributed by atoms with Gasteiger partial charge in [0, 0.05) is 18.8 Å². The molecule has 0 saturated heterocycles. The van der Waals surface area contributed by atoms with E-state index < -0.39 is 0 Å². The van der Waals surface area contributed by atoms with Crippen molar-refractivity contribution in [2.75, 3.05) is 13.4 Å². The molecule has 0 amide bonds. The lowest BCUT2D eigenvalue weighted by Gasteiger charge is -2.30. The van der Waals surface area contributed by atoms with Crippen molar-refractivity contribution in [3.05, 3.63) is 42.1 Å². The fourth-order valence-electron chi connectivity index (χ4n) is 2.12. The van der Waals surface area contributed by atoms with Gasteiger partial charge in [0.15, 0.2) is 5.50 Å². The second-order valence-electron chi connectivity index (χ2n) is 5.21. The number of nitrogens with one attached hydrogen (secondary N) is 1. The van der Waals surface area contributed by atoms with Gasteiger partial charge in [-0.3, -0.25) is 0 Å². The van der Waals surface area contributed by atoms with Crippen molar-refractivity contribution >= 4 is 17.6 Å². The van der Waals surface area contributed by atoms with E-state index in [0.717, 1.165) is 18.1 Å². The van der Waals surface area contributed by atoms with E-state index in [9.17, 15) is 0 Å². The summed E-state index contributed by atoms with van der Waals surface area (Å²) in [6.45, 7) is 5.08. The van der Waals surface area contributed by atoms with Gasteiger partial charge in [-0.05, 0) is 43.9 Å². The molecule has 0 bridgehead atoms. The molecule has 1 aromatic carbocycles. The van der Waals surface area contributed by atoms with Crippen LogP contribution in [0.1, 0.15) is 19.4 Å². The molecule has 1 atom stereocenters. The van der Waals surface area contributed by atoms with Gasteiger partial charge in [0.05, 0.1) is 7.11 Å². The summed E-state index contributed by atoms with van der Waals surface area (Å²) >= 11 is 1.73. The molecule has 0 radical (unpaired) electrons. The molecule has 1 N–H and O–H groups in total. The summed E-state index contributed by atoms with van der Waals surface area (Å²) in [5, 5.41) is 3.35. The SMILES string of the molecule is COc1ccc(CN2C=CC(NC(C)C)=NC2SC)cc1. The zero-order valence-corrected chi connectivity index (χ0v) is 13.9. The maximum atomic E-state index is 5.19. The van der Waals surface area contributed by atoms with Crippen LogP contribution in [0.5, 0.6) is 5.75 Å². The Hall–Kier alpha value is -1.62. The van der Waals surface area contributed by atoms with Crippen LogP contribution in [0.2, 0.25) is 0 Å². The molecule has 1 aliphatic rings. The van der Waals surface area contributed by atoms with Crippen LogP contribution in [0, 0.1) is 0 Å². The van der Waals surface area contributed by atoms with E-state index in [2.05, 4.69) is 48.7 Å². The van der Waals surface area contributed by atoms with Gasteiger partial charge in [-0.1, -0.05) is 12.1 Å². The van der Waals surface area contributed by atoms with Gasteiger partial charge in [-0.2, -0.15) is 0 Å². The maximum Gasteiger partial charge on any atom is 0.170 e. The first-order valence-corrected chi connectivity index (χ1v) is 8.35. The molecule has 1 aliphatic heterocycles. The Morgan fingerprint density at radius 3 is 2.62 bits per heavy atom. The summed E-state index contributed by atoms with van der Waals surface area (Å²) < 4.78 is 5.19. The van der Waals surface area contributed by atoms with Gasteiger partial charge < -0.3 is 15.0 Å². The molecule has 1 heterocycles. The number of nitrogens with zero attached hydrogens (tertiary/aromatic N) is 2. The highest BCUT2D eigenvalue weighted by Gasteiger charge is 2.18. The molecule has 0 spiro atoms. The van der Waals surface area contributed by atoms with E-state index in [1.165, 1.54) is 5.56 Å². The van der Waals surface area contributed by atoms with Crippen molar-refractivity contribution in [1.29, 1.82) is 0 Å². The minimum Gasteiger partial charge on any atom is -0.497 e. The second kappa shape index (κ2) is 7.41. The van der Waals surface area contributed by atoms with Crippen LogP contribution in [0.25, 0.3) is 0 Å². The first kappa shape index (κ1) is 15.8. The van der Waals surface area contributed by atoms with Crippen LogP contribution >= 0.6 is 11.8 Å². The van der Waals surface area contributed by atoms with E-state index >= 15 is 0 Å². The third-order valence-electron chi connectivity index (χ3n) is 3.13. The van der Waals surface area contributed by atoms with Crippen LogP contribution in [0.4, 0.5) is 0 Å². The van der Waals surface area contributed by atoms with Gasteiger partial charge in [0.25, 0.3) is 0 Å². The molecule has 2 rings (SSSR count). The molecule has 21 heavy (non-hydrogen) atoms. The number of benzene rings is 1. The second-order valence-corrected chi connectivity index (χ2v) is 6.10. The Bertz CT molecular complexity index is 511. The average Bonchev–Trinajstić information content (AvgIpc) is 2.49. The molecule has 114 valence electrons. The summed E-state index contributed by atoms with van der Waals surface area (Å²) in [5.74, 6) is 1.84. The fraction of sp³-hybridized carbons (Fsp3) is 0.438. The van der Waals surface area contributed by atoms with E-state index in [1.807, 2.05) is 18.2 Å². The number of thioether (sulfide) groups is 1. The number of hydrogen-bond acceptors (Lipinski definition) is 5. The number of amidine groups is 1. The molecule has 0 saturated carbocycles. The third kappa shape index (κ3) is 4.43. The highest BCUT2D eigenvalue weighted by Crippen LogP contribution is 2.22. The predicted octanol–water partition coefficient (Wildman–Crippen LogP) is 3.07. The first-order chi connectivity index (χ1) is 10.1. The molecule has 1 aromatic rings. The molecule has 1 unspecified atom stereocenters. The lowest BCUT2D eigenvalue weighted by molar-refractivity contribution is 0.348. The van der Waals surface area contributed by atoms with Crippen molar-refractivity contribution in [2.24, 2.45) is 4.99 Å². The minimum absolute atomic E-state index is 0.110. The van der Waals surface area contributed by atoms with Crippen molar-refractivity contribution in [2.45, 2.75) is 31.9 Å². The van der Waals surface area contributed by atoms with Crippen LogP contribution < -0.4 is 10.1 Å². The lowest BCUT2D eigenvalue weighted by atomic mass is 10.2. The van der Waals surface area contributed by atoms with Gasteiger partial charge >= 0.3 is 0 Å². The fourth-order valence-corrected chi connectivity index (χ4v) is 2.75. The largest absolute Gasteiger partial charge is 0.497 e. The number of rotatable bonds is 5. The molecule has 0 aliphatic carbocycles. The molecule has 5 heteroatoms. The number of hydrogen-bond donors (Lipinski definition) is 1. The normalized spacial score (nSPS) is 17.9. The molecular formula is C16H23N3OS. The van der Waals surface area contributed by atoms with Crippen LogP contribution in [-0.2, 0) is 6.54 Å². The number of methoxy groups -OCH3 is 1. The Labute approximate surface area is 131 Å². The average molecular weight is 305 g/mol. The summed E-state index contributed by atoms with van der Waals surface area (Å²) in [6, 6.07) is 8.56. The maximum absolute atomic E-state index is 5.19. The molecule has 0 aromatic heterocycles. The molecule has 0 fully saturated rings. The van der Waals surface area contributed by atoms with E-state index in [1.54, 1.807) is 18.9 Å². The zero-order chi connectivity index (χ0) is 15.2. The van der Waals surface area contributed by atoms with Gasteiger partial charge in [-0.25, -0.2) is 4.99 Å². The Kier molecular flexibility index (Phi) is 5.56. The highest BCUT2D eigenvalue weighted by atomic mass is 32.2. The van der Waals surface area contributed by atoms with Crippen LogP contribution in [-0.4, -0.2) is 35.6 Å². The molecular weight excluding hydrogens is 282 g/mol. The monoisotopic (exact) mass is 305 g/mol. The predicted molar refractivity (Wildman–Crippen MR) is 90.7 cm³/mol. The smallest absolute Gasteiger partial charge is 0.170 e. The van der Waals surface area contributed by atoms with E-state index in [-0.39, 0.29) is 5.50 Å². The van der Waals surface area contributed by atoms with Crippen molar-refractivity contribution in [1.82, 2.24) is 10.2 Å². The van der Waals surface area contributed by atoms with Crippen molar-refractivity contribution in [3.8, 4) is 5.75 Å². The quantitative estimate of drug-likeness (QED) is 0.907. The van der Waals surface area contributed by atoms with E-state index in [4.69, 9.17) is 9.73 Å². The zero-order valence-electron chi connectivity index (χ0n) is 13.0. The van der Waals surface area contributed by atoms with Gasteiger partial charge in [0.1, 0.15) is 11.6 Å². The standard InChI is InChI=1S/C16H23N3OS/c1-12(2)17-15-9-10-19(16(18-15)21-4)11-13-5-7-14(20-3)8-6-13/h5-10,12,16H,11H2,1-4H3,(H,17,18). The Balaban J connectivity index is 2.03. The number of ether oxygens (including phenoxy) is 1. The van der Waals surface area contributed by atoms with Crippen LogP contribution in [0.15, 0.2) is 41.5 Å². The summed E-state index contributed by atoms with van der Waals surface area (Å²) in [6.07, 6.45) is 6.24. The summed E-state index contributed by atoms with van der Waals surface area (Å²) in [7, 11) is 1.68. The summed E-state index contributed by atoms with van der Waals surface area (Å²) in [5.41, 5.74) is 1.35. The lowest BCUT2D eigenvalue weighted by Crippen LogP contribution is -2.36. The Morgan fingerprint density at radius 2 is 2.05 bits per heavy atom. The van der Waals surface area contributed by atoms with Gasteiger partial charge in [-0.15, -0.1) is 11.8 Å². The van der Waals surface area contributed by atoms with Crippen LogP contribution in [0.3, 0.4) is 0 Å².